The van der Waals surface area contributed by atoms with Crippen molar-refractivity contribution >= 4 is 17.5 Å². The van der Waals surface area contributed by atoms with Crippen LogP contribution in [0.15, 0.2) is 57.2 Å². The van der Waals surface area contributed by atoms with Crippen molar-refractivity contribution in [3.05, 3.63) is 65.0 Å². The molecule has 9 heteroatoms. The number of oxazole rings is 1. The third kappa shape index (κ3) is 3.72. The van der Waals surface area contributed by atoms with E-state index in [1.54, 1.807) is 0 Å². The van der Waals surface area contributed by atoms with E-state index in [9.17, 15) is 9.59 Å². The lowest BCUT2D eigenvalue weighted by molar-refractivity contribution is -0.123. The topological polar surface area (TPSA) is 101 Å². The number of ether oxygens (including phenoxy) is 1. The lowest BCUT2D eigenvalue weighted by atomic mass is 10.1. The number of nitrogens with zero attached hydrogens (tertiary/aromatic N) is 5. The number of carbonyl (C=O) groups is 2. The predicted octanol–water partition coefficient (Wildman–Crippen LogP) is 4.16. The van der Waals surface area contributed by atoms with Crippen LogP contribution >= 0.6 is 0 Å². The molecule has 0 radical (unpaired) electrons. The second-order valence-corrected chi connectivity index (χ2v) is 8.53. The molecular formula is C25H25N5O4. The van der Waals surface area contributed by atoms with Gasteiger partial charge in [-0.2, -0.15) is 5.11 Å². The molecule has 0 unspecified atom stereocenters. The molecule has 0 saturated carbocycles. The molecule has 3 aromatic rings. The molecular weight excluding hydrogens is 434 g/mol. The van der Waals surface area contributed by atoms with Gasteiger partial charge in [0.1, 0.15) is 17.2 Å². The molecule has 0 N–H and O–H groups in total. The van der Waals surface area contributed by atoms with Crippen molar-refractivity contribution in [3.63, 3.8) is 0 Å². The average Bonchev–Trinajstić information content (AvgIpc) is 3.44. The van der Waals surface area contributed by atoms with Crippen LogP contribution in [0.5, 0.6) is 5.75 Å². The molecule has 2 amide bonds. The largest absolute Gasteiger partial charge is 0.494 e. The van der Waals surface area contributed by atoms with Crippen LogP contribution in [0.1, 0.15) is 29.5 Å². The third-order valence-electron chi connectivity index (χ3n) is 5.94. The highest BCUT2D eigenvalue weighted by atomic mass is 16.5. The van der Waals surface area contributed by atoms with E-state index in [1.165, 1.54) is 9.91 Å². The normalized spacial score (nSPS) is 19.3. The second-order valence-electron chi connectivity index (χ2n) is 8.53. The molecule has 2 atom stereocenters. The van der Waals surface area contributed by atoms with Gasteiger partial charge in [-0.1, -0.05) is 11.3 Å². The number of rotatable bonds is 6. The van der Waals surface area contributed by atoms with Gasteiger partial charge in [-0.15, -0.1) is 0 Å². The molecule has 0 aliphatic carbocycles. The van der Waals surface area contributed by atoms with Crippen molar-refractivity contribution in [2.75, 3.05) is 11.5 Å². The third-order valence-corrected chi connectivity index (χ3v) is 5.94. The van der Waals surface area contributed by atoms with E-state index >= 15 is 0 Å². The number of amides is 2. The fourth-order valence-corrected chi connectivity index (χ4v) is 4.40. The zero-order valence-corrected chi connectivity index (χ0v) is 19.5. The summed E-state index contributed by atoms with van der Waals surface area (Å²) in [4.78, 5) is 32.2. The molecule has 9 nitrogen and oxygen atoms in total. The van der Waals surface area contributed by atoms with Crippen LogP contribution in [-0.4, -0.2) is 40.5 Å². The molecule has 2 aliphatic heterocycles. The van der Waals surface area contributed by atoms with Crippen LogP contribution in [0.2, 0.25) is 0 Å². The molecule has 0 spiro atoms. The zero-order valence-electron chi connectivity index (χ0n) is 19.5. The lowest BCUT2D eigenvalue weighted by Gasteiger charge is -2.20. The van der Waals surface area contributed by atoms with Gasteiger partial charge in [-0.3, -0.25) is 14.6 Å². The summed E-state index contributed by atoms with van der Waals surface area (Å²) in [6.45, 7) is 8.41. The summed E-state index contributed by atoms with van der Waals surface area (Å²) < 4.78 is 11.4. The highest BCUT2D eigenvalue weighted by molar-refractivity contribution is 6.25. The summed E-state index contributed by atoms with van der Waals surface area (Å²) in [5.41, 5.74) is 3.96. The number of aromatic nitrogens is 1. The zero-order chi connectivity index (χ0) is 24.0. The number of hydrogen-bond donors (Lipinski definition) is 0. The molecule has 2 aliphatic rings. The molecule has 1 fully saturated rings. The molecule has 2 aromatic carbocycles. The molecule has 3 heterocycles. The number of fused-ring (bicyclic) bond motifs is 1. The van der Waals surface area contributed by atoms with E-state index in [-0.39, 0.29) is 18.4 Å². The molecule has 0 bridgehead atoms. The Morgan fingerprint density at radius 1 is 1.00 bits per heavy atom. The minimum absolute atomic E-state index is 0.205. The predicted molar refractivity (Wildman–Crippen MR) is 124 cm³/mol. The van der Waals surface area contributed by atoms with Gasteiger partial charge >= 0.3 is 0 Å². The first-order valence-electron chi connectivity index (χ1n) is 11.2. The number of hydrogen-bond acceptors (Lipinski definition) is 8. The Labute approximate surface area is 197 Å². The summed E-state index contributed by atoms with van der Waals surface area (Å²) in [5, 5.41) is 9.77. The van der Waals surface area contributed by atoms with Crippen LogP contribution in [0.4, 0.5) is 5.69 Å². The lowest BCUT2D eigenvalue weighted by Crippen LogP contribution is -2.39. The number of aryl methyl sites for hydroxylation is 3. The van der Waals surface area contributed by atoms with Crippen molar-refractivity contribution in [2.24, 2.45) is 10.3 Å². The van der Waals surface area contributed by atoms with E-state index in [1.807, 2.05) is 70.2 Å². The maximum atomic E-state index is 13.3. The first kappa shape index (κ1) is 21.8. The van der Waals surface area contributed by atoms with Crippen molar-refractivity contribution in [1.29, 1.82) is 0 Å². The highest BCUT2D eigenvalue weighted by Crippen LogP contribution is 2.34. The minimum Gasteiger partial charge on any atom is -0.494 e. The standard InChI is InChI=1S/C25H25N5O4/c1-5-33-19-8-6-17(7-9-19)23-26-20(16(4)34-23)13-29-22-21(27-28-29)24(31)30(25(22)32)18-11-14(2)10-15(3)12-18/h6-12,21-22H,5,13H2,1-4H3/t21-,22-/m0/s1. The van der Waals surface area contributed by atoms with Crippen LogP contribution in [0.25, 0.3) is 11.5 Å². The van der Waals surface area contributed by atoms with Gasteiger partial charge < -0.3 is 9.15 Å². The summed E-state index contributed by atoms with van der Waals surface area (Å²) in [6.07, 6.45) is 0. The van der Waals surface area contributed by atoms with Crippen LogP contribution in [-0.2, 0) is 16.1 Å². The quantitative estimate of drug-likeness (QED) is 0.513. The van der Waals surface area contributed by atoms with E-state index in [0.717, 1.165) is 22.4 Å². The summed E-state index contributed by atoms with van der Waals surface area (Å²) in [7, 11) is 0. The van der Waals surface area contributed by atoms with Gasteiger partial charge in [0.2, 0.25) is 5.89 Å². The Hall–Kier alpha value is -4.01. The first-order valence-corrected chi connectivity index (χ1v) is 11.2. The smallest absolute Gasteiger partial charge is 0.263 e. The molecule has 34 heavy (non-hydrogen) atoms. The van der Waals surface area contributed by atoms with Gasteiger partial charge in [0.25, 0.3) is 11.8 Å². The van der Waals surface area contributed by atoms with Crippen molar-refractivity contribution in [2.45, 2.75) is 46.3 Å². The molecule has 1 aromatic heterocycles. The van der Waals surface area contributed by atoms with E-state index < -0.39 is 12.1 Å². The van der Waals surface area contributed by atoms with Crippen molar-refractivity contribution in [3.8, 4) is 17.2 Å². The van der Waals surface area contributed by atoms with Gasteiger partial charge in [0.15, 0.2) is 12.1 Å². The maximum Gasteiger partial charge on any atom is 0.263 e. The van der Waals surface area contributed by atoms with E-state index in [2.05, 4.69) is 15.3 Å². The van der Waals surface area contributed by atoms with E-state index in [0.29, 0.717) is 29.6 Å². The Balaban J connectivity index is 1.37. The maximum absolute atomic E-state index is 13.3. The second kappa shape index (κ2) is 8.40. The Morgan fingerprint density at radius 3 is 2.38 bits per heavy atom. The Kier molecular flexibility index (Phi) is 5.39. The monoisotopic (exact) mass is 459 g/mol. The van der Waals surface area contributed by atoms with Crippen LogP contribution in [0.3, 0.4) is 0 Å². The molecule has 5 rings (SSSR count). The van der Waals surface area contributed by atoms with Gasteiger partial charge in [-0.25, -0.2) is 9.88 Å². The van der Waals surface area contributed by atoms with Gasteiger partial charge in [0.05, 0.1) is 18.8 Å². The molecule has 174 valence electrons. The average molecular weight is 460 g/mol. The Morgan fingerprint density at radius 2 is 1.71 bits per heavy atom. The van der Waals surface area contributed by atoms with Crippen molar-refractivity contribution < 1.29 is 18.7 Å². The summed E-state index contributed by atoms with van der Waals surface area (Å²) in [5.74, 6) is 1.16. The summed E-state index contributed by atoms with van der Waals surface area (Å²) >= 11 is 0. The van der Waals surface area contributed by atoms with Gasteiger partial charge in [-0.05, 0) is 75.2 Å². The van der Waals surface area contributed by atoms with E-state index in [4.69, 9.17) is 9.15 Å². The fourth-order valence-electron chi connectivity index (χ4n) is 4.40. The minimum atomic E-state index is -0.855. The van der Waals surface area contributed by atoms with Crippen LogP contribution in [0, 0.1) is 20.8 Å². The van der Waals surface area contributed by atoms with Crippen molar-refractivity contribution in [1.82, 2.24) is 9.99 Å². The SMILES string of the molecule is CCOc1ccc(-c2nc(CN3N=N[C@@H]4C(=O)N(c5cc(C)cc(C)c5)C(=O)[C@H]43)c(C)o2)cc1. The number of imide groups is 1. The van der Waals surface area contributed by atoms with Crippen LogP contribution < -0.4 is 9.64 Å². The Bertz CT molecular complexity index is 1280. The number of benzene rings is 2. The van der Waals surface area contributed by atoms with Gasteiger partial charge in [0, 0.05) is 5.56 Å². The number of carbonyl (C=O) groups excluding carboxylic acids is 2. The highest BCUT2D eigenvalue weighted by Gasteiger charge is 2.55. The first-order chi connectivity index (χ1) is 16.4. The number of anilines is 1. The summed E-state index contributed by atoms with van der Waals surface area (Å²) in [6, 6.07) is 11.5. The molecule has 1 saturated heterocycles. The fraction of sp³-hybridized carbons (Fsp3) is 0.320.